The van der Waals surface area contributed by atoms with Crippen LogP contribution in [0.1, 0.15) is 12.5 Å². The highest BCUT2D eigenvalue weighted by Crippen LogP contribution is 2.33. The normalized spacial score (nSPS) is 10.9. The molecule has 3 aromatic rings. The van der Waals surface area contributed by atoms with Crippen molar-refractivity contribution in [2.24, 2.45) is 0 Å². The fourth-order valence-corrected chi connectivity index (χ4v) is 2.68. The molecule has 1 aromatic heterocycles. The van der Waals surface area contributed by atoms with Crippen LogP contribution in [0.25, 0.3) is 22.6 Å². The molecule has 0 fully saturated rings. The molecule has 0 atom stereocenters. The Kier molecular flexibility index (Phi) is 3.81. The minimum atomic E-state index is -0.132. The lowest BCUT2D eigenvalue weighted by Gasteiger charge is -2.07. The van der Waals surface area contributed by atoms with Crippen LogP contribution in [0.4, 0.5) is 5.69 Å². The van der Waals surface area contributed by atoms with Crippen LogP contribution in [-0.4, -0.2) is 10.9 Å². The second-order valence-corrected chi connectivity index (χ2v) is 5.81. The van der Waals surface area contributed by atoms with Gasteiger partial charge >= 0.3 is 0 Å². The number of carbonyl (C=O) groups is 1. The molecule has 4 nitrogen and oxygen atoms in total. The molecule has 112 valence electrons. The standard InChI is InChI=1S/C16H12Cl2N2O2/c1-8-3-4-10(5-13(8)19-9(2)21)16-20-14-7-11(17)6-12(18)15(14)22-16/h3-7H,1-2H3,(H,19,21). The molecule has 1 amide bonds. The Morgan fingerprint density at radius 1 is 1.23 bits per heavy atom. The number of carbonyl (C=O) groups excluding carboxylic acids is 1. The molecule has 3 rings (SSSR count). The lowest BCUT2D eigenvalue weighted by Crippen LogP contribution is -2.07. The van der Waals surface area contributed by atoms with Gasteiger partial charge in [-0.05, 0) is 36.8 Å². The number of fused-ring (bicyclic) bond motifs is 1. The zero-order valence-electron chi connectivity index (χ0n) is 11.9. The van der Waals surface area contributed by atoms with Gasteiger partial charge in [-0.15, -0.1) is 0 Å². The van der Waals surface area contributed by atoms with Gasteiger partial charge in [-0.1, -0.05) is 29.3 Å². The lowest BCUT2D eigenvalue weighted by atomic mass is 10.1. The van der Waals surface area contributed by atoms with Crippen LogP contribution in [-0.2, 0) is 4.79 Å². The first-order chi connectivity index (χ1) is 10.4. The van der Waals surface area contributed by atoms with Gasteiger partial charge in [0.2, 0.25) is 11.8 Å². The largest absolute Gasteiger partial charge is 0.435 e. The second kappa shape index (κ2) is 5.63. The average Bonchev–Trinajstić information content (AvgIpc) is 2.85. The Balaban J connectivity index is 2.11. The third-order valence-electron chi connectivity index (χ3n) is 3.20. The summed E-state index contributed by atoms with van der Waals surface area (Å²) < 4.78 is 5.73. The summed E-state index contributed by atoms with van der Waals surface area (Å²) in [7, 11) is 0. The van der Waals surface area contributed by atoms with E-state index in [1.165, 1.54) is 6.92 Å². The van der Waals surface area contributed by atoms with Gasteiger partial charge in [0.05, 0.1) is 5.02 Å². The molecule has 0 saturated carbocycles. The highest BCUT2D eigenvalue weighted by Gasteiger charge is 2.13. The zero-order valence-corrected chi connectivity index (χ0v) is 13.4. The van der Waals surface area contributed by atoms with Gasteiger partial charge in [-0.2, -0.15) is 0 Å². The van der Waals surface area contributed by atoms with E-state index in [-0.39, 0.29) is 5.91 Å². The van der Waals surface area contributed by atoms with Gasteiger partial charge in [0, 0.05) is 23.2 Å². The molecule has 6 heteroatoms. The molecule has 0 unspecified atom stereocenters. The van der Waals surface area contributed by atoms with Crippen molar-refractivity contribution in [2.75, 3.05) is 5.32 Å². The van der Waals surface area contributed by atoms with Crippen molar-refractivity contribution >= 4 is 45.9 Å². The Bertz CT molecular complexity index is 887. The van der Waals surface area contributed by atoms with Gasteiger partial charge in [0.1, 0.15) is 5.52 Å². The number of aromatic nitrogens is 1. The number of aryl methyl sites for hydroxylation is 1. The maximum Gasteiger partial charge on any atom is 0.227 e. The van der Waals surface area contributed by atoms with Gasteiger partial charge in [-0.25, -0.2) is 4.98 Å². The number of halogens is 2. The molecule has 0 spiro atoms. The maximum absolute atomic E-state index is 11.3. The Labute approximate surface area is 137 Å². The highest BCUT2D eigenvalue weighted by molar-refractivity contribution is 6.38. The summed E-state index contributed by atoms with van der Waals surface area (Å²) in [6.07, 6.45) is 0. The van der Waals surface area contributed by atoms with E-state index in [2.05, 4.69) is 10.3 Å². The van der Waals surface area contributed by atoms with E-state index in [1.54, 1.807) is 12.1 Å². The number of anilines is 1. The monoisotopic (exact) mass is 334 g/mol. The fourth-order valence-electron chi connectivity index (χ4n) is 2.16. The minimum Gasteiger partial charge on any atom is -0.435 e. The van der Waals surface area contributed by atoms with Crippen LogP contribution in [0, 0.1) is 6.92 Å². The van der Waals surface area contributed by atoms with Crippen LogP contribution < -0.4 is 5.32 Å². The third-order valence-corrected chi connectivity index (χ3v) is 3.70. The van der Waals surface area contributed by atoms with Crippen molar-refractivity contribution < 1.29 is 9.21 Å². The quantitative estimate of drug-likeness (QED) is 0.711. The number of hydrogen-bond donors (Lipinski definition) is 1. The van der Waals surface area contributed by atoms with Crippen molar-refractivity contribution in [3.63, 3.8) is 0 Å². The van der Waals surface area contributed by atoms with Crippen molar-refractivity contribution in [3.8, 4) is 11.5 Å². The number of rotatable bonds is 2. The number of amides is 1. The molecule has 1 N–H and O–H groups in total. The van der Waals surface area contributed by atoms with E-state index in [0.717, 1.165) is 16.8 Å². The second-order valence-electron chi connectivity index (χ2n) is 4.97. The van der Waals surface area contributed by atoms with Gasteiger partial charge in [0.25, 0.3) is 0 Å². The van der Waals surface area contributed by atoms with Crippen molar-refractivity contribution in [2.45, 2.75) is 13.8 Å². The van der Waals surface area contributed by atoms with Crippen LogP contribution in [0.15, 0.2) is 34.7 Å². The molecule has 0 aliphatic rings. The van der Waals surface area contributed by atoms with Gasteiger partial charge in [0.15, 0.2) is 5.58 Å². The molecule has 0 saturated heterocycles. The predicted octanol–water partition coefficient (Wildman–Crippen LogP) is 5.07. The third kappa shape index (κ3) is 2.80. The molecule has 0 aliphatic heterocycles. The van der Waals surface area contributed by atoms with Crippen LogP contribution in [0.3, 0.4) is 0 Å². The summed E-state index contributed by atoms with van der Waals surface area (Å²) in [5.41, 5.74) is 3.50. The van der Waals surface area contributed by atoms with Crippen molar-refractivity contribution in [3.05, 3.63) is 45.9 Å². The number of hydrogen-bond acceptors (Lipinski definition) is 3. The van der Waals surface area contributed by atoms with Crippen molar-refractivity contribution in [1.29, 1.82) is 0 Å². The molecular weight excluding hydrogens is 323 g/mol. The molecule has 1 heterocycles. The molecule has 0 bridgehead atoms. The van der Waals surface area contributed by atoms with Gasteiger partial charge < -0.3 is 9.73 Å². The number of oxazole rings is 1. The van der Waals surface area contributed by atoms with Gasteiger partial charge in [-0.3, -0.25) is 4.79 Å². The minimum absolute atomic E-state index is 0.132. The molecule has 22 heavy (non-hydrogen) atoms. The first-order valence-electron chi connectivity index (χ1n) is 6.58. The summed E-state index contributed by atoms with van der Waals surface area (Å²) >= 11 is 12.1. The Morgan fingerprint density at radius 2 is 2.00 bits per heavy atom. The van der Waals surface area contributed by atoms with Crippen LogP contribution in [0.5, 0.6) is 0 Å². The first kappa shape index (κ1) is 14.9. The lowest BCUT2D eigenvalue weighted by molar-refractivity contribution is -0.114. The smallest absolute Gasteiger partial charge is 0.227 e. The molecule has 2 aromatic carbocycles. The summed E-state index contributed by atoms with van der Waals surface area (Å²) in [5, 5.41) is 3.69. The topological polar surface area (TPSA) is 55.1 Å². The van der Waals surface area contributed by atoms with Crippen LogP contribution >= 0.6 is 23.2 Å². The summed E-state index contributed by atoms with van der Waals surface area (Å²) in [5.74, 6) is 0.290. The van der Waals surface area contributed by atoms with E-state index in [9.17, 15) is 4.79 Å². The molecule has 0 radical (unpaired) electrons. The SMILES string of the molecule is CC(=O)Nc1cc(-c2nc3cc(Cl)cc(Cl)c3o2)ccc1C. The van der Waals surface area contributed by atoms with E-state index in [0.29, 0.717) is 27.0 Å². The number of benzene rings is 2. The summed E-state index contributed by atoms with van der Waals surface area (Å²) in [4.78, 5) is 15.7. The Morgan fingerprint density at radius 3 is 2.73 bits per heavy atom. The number of nitrogens with one attached hydrogen (secondary N) is 1. The van der Waals surface area contributed by atoms with Crippen LogP contribution in [0.2, 0.25) is 10.0 Å². The summed E-state index contributed by atoms with van der Waals surface area (Å²) in [6.45, 7) is 3.38. The van der Waals surface area contributed by atoms with E-state index in [1.807, 2.05) is 25.1 Å². The predicted molar refractivity (Wildman–Crippen MR) is 88.5 cm³/mol. The first-order valence-corrected chi connectivity index (χ1v) is 7.34. The van der Waals surface area contributed by atoms with Crippen molar-refractivity contribution in [1.82, 2.24) is 4.98 Å². The van der Waals surface area contributed by atoms with E-state index < -0.39 is 0 Å². The summed E-state index contributed by atoms with van der Waals surface area (Å²) in [6, 6.07) is 8.89. The number of nitrogens with zero attached hydrogens (tertiary/aromatic N) is 1. The highest BCUT2D eigenvalue weighted by atomic mass is 35.5. The fraction of sp³-hybridized carbons (Fsp3) is 0.125. The average molecular weight is 335 g/mol. The Hall–Kier alpha value is -2.04. The van der Waals surface area contributed by atoms with E-state index >= 15 is 0 Å². The van der Waals surface area contributed by atoms with E-state index in [4.69, 9.17) is 27.6 Å². The maximum atomic E-state index is 11.3. The molecule has 0 aliphatic carbocycles. The molecular formula is C16H12Cl2N2O2. The zero-order chi connectivity index (χ0) is 15.9.